The van der Waals surface area contributed by atoms with Gasteiger partial charge in [0.05, 0.1) is 0 Å². The van der Waals surface area contributed by atoms with E-state index >= 15 is 0 Å². The molecule has 208 valence electrons. The molecule has 11 rings (SSSR count). The zero-order valence-corrected chi connectivity index (χ0v) is 25.3. The molecule has 1 aliphatic carbocycles. The molecule has 10 aromatic rings. The van der Waals surface area contributed by atoms with Crippen molar-refractivity contribution in [1.29, 1.82) is 0 Å². The van der Waals surface area contributed by atoms with Crippen molar-refractivity contribution in [1.82, 2.24) is 0 Å². The van der Waals surface area contributed by atoms with Crippen molar-refractivity contribution in [2.45, 2.75) is 12.3 Å². The lowest BCUT2D eigenvalue weighted by Crippen LogP contribution is -2.05. The molecule has 1 aromatic heterocycles. The fourth-order valence-corrected chi connectivity index (χ4v) is 9.58. The third-order valence-corrected chi connectivity index (χ3v) is 11.7. The van der Waals surface area contributed by atoms with Crippen LogP contribution >= 0.6 is 11.3 Å². The minimum Gasteiger partial charge on any atom is -0.136 e. The highest BCUT2D eigenvalue weighted by molar-refractivity contribution is 7.20. The van der Waals surface area contributed by atoms with Gasteiger partial charge in [0.15, 0.2) is 0 Å². The molecule has 0 radical (unpaired) electrons. The first-order valence-electron chi connectivity index (χ1n) is 15.9. The highest BCUT2D eigenvalue weighted by Crippen LogP contribution is 2.45. The molecule has 1 heteroatoms. The van der Waals surface area contributed by atoms with Crippen LogP contribution < -0.4 is 0 Å². The van der Waals surface area contributed by atoms with Crippen LogP contribution in [0.25, 0.3) is 91.9 Å². The van der Waals surface area contributed by atoms with E-state index in [1.54, 1.807) is 0 Å². The first-order valence-corrected chi connectivity index (χ1v) is 16.7. The van der Waals surface area contributed by atoms with Crippen molar-refractivity contribution in [3.8, 4) is 11.1 Å². The van der Waals surface area contributed by atoms with Crippen LogP contribution in [-0.2, 0) is 6.42 Å². The van der Waals surface area contributed by atoms with Crippen molar-refractivity contribution >= 4 is 92.1 Å². The van der Waals surface area contributed by atoms with Crippen molar-refractivity contribution < 1.29 is 0 Å². The molecule has 0 amide bonds. The fraction of sp³-hybridized carbons (Fsp3) is 0.0455. The number of hydrogen-bond acceptors (Lipinski definition) is 1. The molecular weight excluding hydrogens is 561 g/mol. The molecular formula is C44H26S. The number of thiophene rings is 1. The number of benzene rings is 9. The van der Waals surface area contributed by atoms with E-state index in [1.807, 2.05) is 11.3 Å². The molecule has 1 heterocycles. The summed E-state index contributed by atoms with van der Waals surface area (Å²) in [5.74, 6) is 0.345. The predicted molar refractivity (Wildman–Crippen MR) is 197 cm³/mol. The molecule has 1 aliphatic rings. The first kappa shape index (κ1) is 24.1. The summed E-state index contributed by atoms with van der Waals surface area (Å²) in [6.07, 6.45) is 5.87. The average molecular weight is 587 g/mol. The van der Waals surface area contributed by atoms with E-state index in [0.717, 1.165) is 6.42 Å². The molecule has 1 unspecified atom stereocenters. The van der Waals surface area contributed by atoms with Crippen LogP contribution in [-0.4, -0.2) is 0 Å². The Kier molecular flexibility index (Phi) is 4.66. The van der Waals surface area contributed by atoms with E-state index < -0.39 is 0 Å². The maximum absolute atomic E-state index is 2.47. The van der Waals surface area contributed by atoms with Gasteiger partial charge in [-0.05, 0) is 117 Å². The van der Waals surface area contributed by atoms with Crippen LogP contribution in [0.15, 0.2) is 133 Å². The Hall–Kier alpha value is -5.24. The standard InChI is InChI=1S/C44H26S/c1-3-25-7-9-29-11-17-33(35-19-13-27(5-1)41(25)43(29)35)31-15-21-39-37(23-31)38-24-32(16-22-40(38)45-39)34-18-12-30-10-8-26-4-2-6-28-14-20-36(34)44(30)42(26)28/h1-23,32H,24H2. The number of allylic oxidation sites excluding steroid dienone is 1. The molecule has 0 fully saturated rings. The summed E-state index contributed by atoms with van der Waals surface area (Å²) >= 11 is 1.93. The summed E-state index contributed by atoms with van der Waals surface area (Å²) in [5.41, 5.74) is 5.55. The number of fused-ring (bicyclic) bond motifs is 3. The second-order valence-corrected chi connectivity index (χ2v) is 13.9. The van der Waals surface area contributed by atoms with Gasteiger partial charge in [-0.3, -0.25) is 0 Å². The van der Waals surface area contributed by atoms with Gasteiger partial charge in [-0.15, -0.1) is 11.3 Å². The molecule has 1 atom stereocenters. The Labute approximate surface area is 264 Å². The summed E-state index contributed by atoms with van der Waals surface area (Å²) in [6, 6.07) is 48.2. The largest absolute Gasteiger partial charge is 0.136 e. The minimum absolute atomic E-state index is 0.345. The highest BCUT2D eigenvalue weighted by Gasteiger charge is 2.23. The summed E-state index contributed by atoms with van der Waals surface area (Å²) < 4.78 is 1.38. The van der Waals surface area contributed by atoms with Crippen molar-refractivity contribution in [2.75, 3.05) is 0 Å². The Bertz CT molecular complexity index is 2810. The van der Waals surface area contributed by atoms with Gasteiger partial charge in [-0.25, -0.2) is 0 Å². The molecule has 0 spiro atoms. The summed E-state index contributed by atoms with van der Waals surface area (Å²) in [5, 5.41) is 17.6. The second-order valence-electron chi connectivity index (χ2n) is 12.8. The van der Waals surface area contributed by atoms with E-state index in [1.165, 1.54) is 102 Å². The number of hydrogen-bond donors (Lipinski definition) is 0. The van der Waals surface area contributed by atoms with Gasteiger partial charge in [-0.1, -0.05) is 121 Å². The Morgan fingerprint density at radius 1 is 0.489 bits per heavy atom. The van der Waals surface area contributed by atoms with Crippen molar-refractivity contribution in [3.63, 3.8) is 0 Å². The van der Waals surface area contributed by atoms with E-state index in [-0.39, 0.29) is 0 Å². The lowest BCUT2D eigenvalue weighted by molar-refractivity contribution is 0.845. The normalized spacial score (nSPS) is 15.2. The third kappa shape index (κ3) is 3.26. The first-order chi connectivity index (χ1) is 22.3. The van der Waals surface area contributed by atoms with Gasteiger partial charge >= 0.3 is 0 Å². The average Bonchev–Trinajstić information content (AvgIpc) is 3.46. The van der Waals surface area contributed by atoms with Crippen LogP contribution in [0, 0.1) is 0 Å². The zero-order chi connectivity index (χ0) is 29.2. The molecule has 0 N–H and O–H groups in total. The summed E-state index contributed by atoms with van der Waals surface area (Å²) in [4.78, 5) is 1.41. The quantitative estimate of drug-likeness (QED) is 0.177. The molecule has 0 bridgehead atoms. The van der Waals surface area contributed by atoms with Crippen LogP contribution in [0.4, 0.5) is 0 Å². The predicted octanol–water partition coefficient (Wildman–Crippen LogP) is 12.7. The molecule has 45 heavy (non-hydrogen) atoms. The van der Waals surface area contributed by atoms with Gasteiger partial charge in [-0.2, -0.15) is 0 Å². The van der Waals surface area contributed by atoms with Crippen LogP contribution in [0.3, 0.4) is 0 Å². The monoisotopic (exact) mass is 586 g/mol. The maximum atomic E-state index is 2.47. The van der Waals surface area contributed by atoms with Crippen molar-refractivity contribution in [3.05, 3.63) is 149 Å². The van der Waals surface area contributed by atoms with Gasteiger partial charge in [0, 0.05) is 15.5 Å². The Morgan fingerprint density at radius 3 is 1.78 bits per heavy atom. The maximum Gasteiger partial charge on any atom is 0.0352 e. The van der Waals surface area contributed by atoms with Gasteiger partial charge in [0.1, 0.15) is 0 Å². The Balaban J connectivity index is 1.07. The topological polar surface area (TPSA) is 0 Å². The lowest BCUT2D eigenvalue weighted by Gasteiger charge is -2.21. The van der Waals surface area contributed by atoms with Gasteiger partial charge < -0.3 is 0 Å². The SMILES string of the molecule is C1=CC(c2ccc3ccc4cccc5ccc2c3c45)Cc2c1sc1ccc(-c3ccc4ccc5cccc6ccc3c4c56)cc21. The van der Waals surface area contributed by atoms with E-state index in [0.29, 0.717) is 5.92 Å². The fourth-order valence-electron chi connectivity index (χ4n) is 8.45. The zero-order valence-electron chi connectivity index (χ0n) is 24.5. The summed E-state index contributed by atoms with van der Waals surface area (Å²) in [6.45, 7) is 0. The smallest absolute Gasteiger partial charge is 0.0352 e. The lowest BCUT2D eigenvalue weighted by atomic mass is 9.82. The third-order valence-electron chi connectivity index (χ3n) is 10.5. The minimum atomic E-state index is 0.345. The van der Waals surface area contributed by atoms with E-state index in [2.05, 4.69) is 140 Å². The van der Waals surface area contributed by atoms with E-state index in [9.17, 15) is 0 Å². The van der Waals surface area contributed by atoms with Crippen LogP contribution in [0.1, 0.15) is 21.9 Å². The van der Waals surface area contributed by atoms with Gasteiger partial charge in [0.25, 0.3) is 0 Å². The van der Waals surface area contributed by atoms with Crippen molar-refractivity contribution in [2.24, 2.45) is 0 Å². The molecule has 0 nitrogen and oxygen atoms in total. The number of rotatable bonds is 2. The molecule has 9 aromatic carbocycles. The Morgan fingerprint density at radius 2 is 1.07 bits per heavy atom. The van der Waals surface area contributed by atoms with Crippen LogP contribution in [0.2, 0.25) is 0 Å². The van der Waals surface area contributed by atoms with Gasteiger partial charge in [0.2, 0.25) is 0 Å². The summed E-state index contributed by atoms with van der Waals surface area (Å²) in [7, 11) is 0. The highest BCUT2D eigenvalue weighted by atomic mass is 32.1. The van der Waals surface area contributed by atoms with Crippen LogP contribution in [0.5, 0.6) is 0 Å². The molecule has 0 saturated carbocycles. The van der Waals surface area contributed by atoms with E-state index in [4.69, 9.17) is 0 Å². The second kappa shape index (κ2) is 8.69. The molecule has 0 aliphatic heterocycles. The molecule has 0 saturated heterocycles.